The van der Waals surface area contributed by atoms with Gasteiger partial charge in [-0.2, -0.15) is 4.31 Å². The lowest BCUT2D eigenvalue weighted by molar-refractivity contribution is -0.126. The lowest BCUT2D eigenvalue weighted by Gasteiger charge is -2.32. The highest BCUT2D eigenvalue weighted by Gasteiger charge is 2.34. The first kappa shape index (κ1) is 20.3. The molecule has 1 aliphatic heterocycles. The van der Waals surface area contributed by atoms with Crippen LogP contribution in [0, 0.1) is 5.82 Å². The summed E-state index contributed by atoms with van der Waals surface area (Å²) in [5.41, 5.74) is 0.693. The molecule has 1 atom stereocenters. The molecule has 1 heterocycles. The molecule has 0 aliphatic carbocycles. The van der Waals surface area contributed by atoms with Crippen molar-refractivity contribution in [3.05, 3.63) is 35.6 Å². The number of benzene rings is 1. The summed E-state index contributed by atoms with van der Waals surface area (Å²) in [5, 5.41) is 5.34. The second-order valence-corrected chi connectivity index (χ2v) is 8.26. The third-order valence-corrected chi connectivity index (χ3v) is 5.50. The van der Waals surface area contributed by atoms with Gasteiger partial charge in [-0.1, -0.05) is 18.6 Å². The number of hydrogen-bond acceptors (Lipinski definition) is 4. The van der Waals surface area contributed by atoms with E-state index in [4.69, 9.17) is 0 Å². The predicted octanol–water partition coefficient (Wildman–Crippen LogP) is 0.415. The number of piperidine rings is 1. The number of rotatable bonds is 7. The Balaban J connectivity index is 1.73. The number of nitrogens with zero attached hydrogens (tertiary/aromatic N) is 1. The van der Waals surface area contributed by atoms with Gasteiger partial charge >= 0.3 is 0 Å². The highest BCUT2D eigenvalue weighted by Crippen LogP contribution is 2.19. The molecule has 0 radical (unpaired) electrons. The van der Waals surface area contributed by atoms with E-state index in [1.165, 1.54) is 16.4 Å². The summed E-state index contributed by atoms with van der Waals surface area (Å²) in [6.07, 6.45) is 3.28. The van der Waals surface area contributed by atoms with Crippen LogP contribution < -0.4 is 10.6 Å². The Kier molecular flexibility index (Phi) is 7.10. The van der Waals surface area contributed by atoms with Crippen LogP contribution in [-0.4, -0.2) is 56.5 Å². The van der Waals surface area contributed by atoms with E-state index in [9.17, 15) is 22.4 Å². The second kappa shape index (κ2) is 9.09. The summed E-state index contributed by atoms with van der Waals surface area (Å²) in [7, 11) is -3.43. The molecule has 1 fully saturated rings. The Bertz CT molecular complexity index is 737. The average Bonchev–Trinajstić information content (AvgIpc) is 2.60. The van der Waals surface area contributed by atoms with Gasteiger partial charge in [0.2, 0.25) is 21.8 Å². The molecular formula is C17H24FN3O4S. The number of carbonyl (C=O) groups is 2. The molecule has 0 bridgehead atoms. The molecule has 1 aliphatic rings. The zero-order chi connectivity index (χ0) is 19.2. The van der Waals surface area contributed by atoms with Crippen molar-refractivity contribution < 1.29 is 22.4 Å². The smallest absolute Gasteiger partial charge is 0.238 e. The summed E-state index contributed by atoms with van der Waals surface area (Å²) >= 11 is 0. The third-order valence-electron chi connectivity index (χ3n) is 4.21. The minimum atomic E-state index is -3.43. The van der Waals surface area contributed by atoms with Gasteiger partial charge in [-0.25, -0.2) is 12.8 Å². The van der Waals surface area contributed by atoms with Crippen molar-refractivity contribution in [2.24, 2.45) is 0 Å². The molecular weight excluding hydrogens is 361 g/mol. The quantitative estimate of drug-likeness (QED) is 0.665. The van der Waals surface area contributed by atoms with Gasteiger partial charge in [0, 0.05) is 19.6 Å². The number of amides is 2. The van der Waals surface area contributed by atoms with Crippen molar-refractivity contribution in [1.82, 2.24) is 14.9 Å². The van der Waals surface area contributed by atoms with Crippen LogP contribution in [0.2, 0.25) is 0 Å². The van der Waals surface area contributed by atoms with E-state index >= 15 is 0 Å². The Hall–Kier alpha value is -2.00. The van der Waals surface area contributed by atoms with Crippen LogP contribution in [-0.2, 0) is 26.0 Å². The molecule has 0 aromatic heterocycles. The van der Waals surface area contributed by atoms with Gasteiger partial charge in [0.15, 0.2) is 0 Å². The Morgan fingerprint density at radius 2 is 1.81 bits per heavy atom. The highest BCUT2D eigenvalue weighted by atomic mass is 32.2. The maximum Gasteiger partial charge on any atom is 0.238 e. The first-order valence-corrected chi connectivity index (χ1v) is 10.4. The molecule has 0 saturated carbocycles. The number of nitrogens with one attached hydrogen (secondary N) is 2. The fourth-order valence-corrected chi connectivity index (χ4v) is 4.04. The van der Waals surface area contributed by atoms with Gasteiger partial charge in [0.1, 0.15) is 11.9 Å². The van der Waals surface area contributed by atoms with E-state index in [2.05, 4.69) is 10.6 Å². The lowest BCUT2D eigenvalue weighted by Crippen LogP contribution is -2.52. The minimum absolute atomic E-state index is 0.124. The van der Waals surface area contributed by atoms with E-state index < -0.39 is 16.1 Å². The third kappa shape index (κ3) is 6.06. The van der Waals surface area contributed by atoms with Crippen molar-refractivity contribution >= 4 is 21.8 Å². The molecule has 2 rings (SSSR count). The van der Waals surface area contributed by atoms with Crippen LogP contribution in [0.4, 0.5) is 4.39 Å². The normalized spacial score (nSPS) is 18.3. The van der Waals surface area contributed by atoms with Gasteiger partial charge in [0.05, 0.1) is 12.7 Å². The molecule has 0 spiro atoms. The number of carbonyl (C=O) groups excluding carboxylic acids is 2. The zero-order valence-corrected chi connectivity index (χ0v) is 15.5. The molecule has 26 heavy (non-hydrogen) atoms. The Morgan fingerprint density at radius 3 is 2.46 bits per heavy atom. The summed E-state index contributed by atoms with van der Waals surface area (Å²) < 4.78 is 37.6. The molecule has 1 aromatic rings. The second-order valence-electron chi connectivity index (χ2n) is 6.33. The van der Waals surface area contributed by atoms with Crippen molar-refractivity contribution in [1.29, 1.82) is 0 Å². The summed E-state index contributed by atoms with van der Waals surface area (Å²) in [4.78, 5) is 24.1. The first-order chi connectivity index (χ1) is 12.3. The molecule has 144 valence electrons. The molecule has 9 heteroatoms. The van der Waals surface area contributed by atoms with E-state index in [1.807, 2.05) is 0 Å². The van der Waals surface area contributed by atoms with Crippen LogP contribution >= 0.6 is 0 Å². The first-order valence-electron chi connectivity index (χ1n) is 8.53. The number of hydrogen-bond donors (Lipinski definition) is 2. The van der Waals surface area contributed by atoms with E-state index in [0.717, 1.165) is 19.1 Å². The molecule has 7 nitrogen and oxygen atoms in total. The number of halogens is 1. The summed E-state index contributed by atoms with van der Waals surface area (Å²) in [6, 6.07) is 4.98. The highest BCUT2D eigenvalue weighted by molar-refractivity contribution is 7.88. The summed E-state index contributed by atoms with van der Waals surface area (Å²) in [5.74, 6) is -0.938. The SMILES string of the molecule is CS(=O)(=O)N1CCCCC1C(=O)NCCNC(=O)Cc1ccc(F)cc1. The zero-order valence-electron chi connectivity index (χ0n) is 14.7. The fraction of sp³-hybridized carbons (Fsp3) is 0.529. The largest absolute Gasteiger partial charge is 0.354 e. The van der Waals surface area contributed by atoms with Gasteiger partial charge in [0.25, 0.3) is 0 Å². The molecule has 2 N–H and O–H groups in total. The Morgan fingerprint density at radius 1 is 1.15 bits per heavy atom. The fourth-order valence-electron chi connectivity index (χ4n) is 2.92. The van der Waals surface area contributed by atoms with Gasteiger partial charge in [-0.3, -0.25) is 9.59 Å². The van der Waals surface area contributed by atoms with E-state index in [0.29, 0.717) is 18.5 Å². The van der Waals surface area contributed by atoms with Crippen molar-refractivity contribution in [3.8, 4) is 0 Å². The van der Waals surface area contributed by atoms with Gasteiger partial charge in [-0.05, 0) is 30.5 Å². The minimum Gasteiger partial charge on any atom is -0.354 e. The van der Waals surface area contributed by atoms with E-state index in [1.54, 1.807) is 12.1 Å². The number of sulfonamides is 1. The topological polar surface area (TPSA) is 95.6 Å². The van der Waals surface area contributed by atoms with Crippen LogP contribution in [0.3, 0.4) is 0 Å². The molecule has 1 unspecified atom stereocenters. The molecule has 1 saturated heterocycles. The predicted molar refractivity (Wildman–Crippen MR) is 95.3 cm³/mol. The standard InChI is InChI=1S/C17H24FN3O4S/c1-26(24,25)21-11-3-2-4-15(21)17(23)20-10-9-19-16(22)12-13-5-7-14(18)8-6-13/h5-8,15H,2-4,9-12H2,1H3,(H,19,22)(H,20,23). The van der Waals surface area contributed by atoms with Crippen molar-refractivity contribution in [2.75, 3.05) is 25.9 Å². The molecule has 1 aromatic carbocycles. The maximum absolute atomic E-state index is 12.8. The van der Waals surface area contributed by atoms with Crippen LogP contribution in [0.1, 0.15) is 24.8 Å². The maximum atomic E-state index is 12.8. The molecule has 2 amide bonds. The van der Waals surface area contributed by atoms with Crippen LogP contribution in [0.25, 0.3) is 0 Å². The average molecular weight is 385 g/mol. The van der Waals surface area contributed by atoms with Crippen LogP contribution in [0.5, 0.6) is 0 Å². The Labute approximate surface area is 153 Å². The monoisotopic (exact) mass is 385 g/mol. The van der Waals surface area contributed by atoms with Crippen LogP contribution in [0.15, 0.2) is 24.3 Å². The van der Waals surface area contributed by atoms with E-state index in [-0.39, 0.29) is 37.1 Å². The van der Waals surface area contributed by atoms with Gasteiger partial charge < -0.3 is 10.6 Å². The lowest BCUT2D eigenvalue weighted by atomic mass is 10.0. The van der Waals surface area contributed by atoms with Gasteiger partial charge in [-0.15, -0.1) is 0 Å². The van der Waals surface area contributed by atoms with Crippen molar-refractivity contribution in [2.45, 2.75) is 31.7 Å². The van der Waals surface area contributed by atoms with Crippen molar-refractivity contribution in [3.63, 3.8) is 0 Å². The summed E-state index contributed by atoms with van der Waals surface area (Å²) in [6.45, 7) is 0.796.